The Morgan fingerprint density at radius 2 is 1.59 bits per heavy atom. The van der Waals surface area contributed by atoms with Crippen LogP contribution in [0.2, 0.25) is 0 Å². The lowest BCUT2D eigenvalue weighted by Gasteiger charge is -2.05. The van der Waals surface area contributed by atoms with Crippen molar-refractivity contribution < 1.29 is 4.79 Å². The van der Waals surface area contributed by atoms with Crippen LogP contribution in [0.25, 0.3) is 5.69 Å². The molecule has 6 nitrogen and oxygen atoms in total. The number of nitrogens with zero attached hydrogens (tertiary/aromatic N) is 4. The van der Waals surface area contributed by atoms with E-state index in [9.17, 15) is 4.79 Å². The first-order valence-corrected chi connectivity index (χ1v) is 9.52. The Balaban J connectivity index is 1.54. The van der Waals surface area contributed by atoms with Crippen LogP contribution in [0.3, 0.4) is 0 Å². The maximum absolute atomic E-state index is 12.6. The first-order valence-electron chi connectivity index (χ1n) is 9.52. The standard InChI is InChI=1S/C23H21N5O/c29-23(25-17-19-10-7-15-24-16-19)22-26-21(14-13-18-8-3-1-4-9-18)28(27-22)20-11-5-2-6-12-20/h1-12,15-16H,13-14,17H2,(H,25,29). The monoisotopic (exact) mass is 383 g/mol. The Morgan fingerprint density at radius 3 is 2.31 bits per heavy atom. The minimum atomic E-state index is -0.301. The first-order chi connectivity index (χ1) is 14.3. The van der Waals surface area contributed by atoms with Crippen LogP contribution in [0.5, 0.6) is 0 Å². The van der Waals surface area contributed by atoms with Crippen LogP contribution in [0.15, 0.2) is 85.2 Å². The third kappa shape index (κ3) is 4.73. The second-order valence-electron chi connectivity index (χ2n) is 6.63. The van der Waals surface area contributed by atoms with Gasteiger partial charge in [0.2, 0.25) is 5.82 Å². The lowest BCUT2D eigenvalue weighted by Crippen LogP contribution is -2.24. The molecular weight excluding hydrogens is 362 g/mol. The molecule has 0 saturated heterocycles. The minimum absolute atomic E-state index is 0.167. The van der Waals surface area contributed by atoms with Crippen molar-refractivity contribution >= 4 is 5.91 Å². The number of pyridine rings is 1. The van der Waals surface area contributed by atoms with Crippen molar-refractivity contribution in [1.82, 2.24) is 25.1 Å². The lowest BCUT2D eigenvalue weighted by molar-refractivity contribution is 0.0940. The van der Waals surface area contributed by atoms with E-state index in [0.29, 0.717) is 13.0 Å². The molecule has 0 saturated carbocycles. The molecule has 0 bridgehead atoms. The molecule has 0 aliphatic carbocycles. The number of carbonyl (C=O) groups is 1. The summed E-state index contributed by atoms with van der Waals surface area (Å²) in [5.41, 5.74) is 3.03. The summed E-state index contributed by atoms with van der Waals surface area (Å²) in [6.07, 6.45) is 4.93. The molecule has 0 aliphatic rings. The normalized spacial score (nSPS) is 10.6. The summed E-state index contributed by atoms with van der Waals surface area (Å²) < 4.78 is 1.75. The molecule has 4 aromatic rings. The van der Waals surface area contributed by atoms with E-state index in [1.54, 1.807) is 17.1 Å². The summed E-state index contributed by atoms with van der Waals surface area (Å²) in [4.78, 5) is 21.2. The number of hydrogen-bond donors (Lipinski definition) is 1. The maximum Gasteiger partial charge on any atom is 0.291 e. The molecule has 0 unspecified atom stereocenters. The van der Waals surface area contributed by atoms with Crippen molar-refractivity contribution in [1.29, 1.82) is 0 Å². The van der Waals surface area contributed by atoms with Gasteiger partial charge >= 0.3 is 0 Å². The summed E-state index contributed by atoms with van der Waals surface area (Å²) >= 11 is 0. The minimum Gasteiger partial charge on any atom is -0.345 e. The van der Waals surface area contributed by atoms with Gasteiger partial charge in [-0.1, -0.05) is 54.6 Å². The average molecular weight is 383 g/mol. The molecule has 2 aromatic heterocycles. The molecule has 0 radical (unpaired) electrons. The average Bonchev–Trinajstić information content (AvgIpc) is 3.22. The number of carbonyl (C=O) groups excluding carboxylic acids is 1. The maximum atomic E-state index is 12.6. The molecule has 0 spiro atoms. The smallest absolute Gasteiger partial charge is 0.291 e. The van der Waals surface area contributed by atoms with Gasteiger partial charge < -0.3 is 5.32 Å². The predicted molar refractivity (Wildman–Crippen MR) is 111 cm³/mol. The number of para-hydroxylation sites is 1. The summed E-state index contributed by atoms with van der Waals surface area (Å²) in [5.74, 6) is 0.622. The van der Waals surface area contributed by atoms with Crippen LogP contribution in [0.1, 0.15) is 27.6 Å². The van der Waals surface area contributed by atoms with E-state index in [1.807, 2.05) is 60.7 Å². The van der Waals surface area contributed by atoms with Crippen molar-refractivity contribution in [3.05, 3.63) is 108 Å². The Kier molecular flexibility index (Phi) is 5.71. The van der Waals surface area contributed by atoms with Crippen LogP contribution in [-0.2, 0) is 19.4 Å². The van der Waals surface area contributed by atoms with Gasteiger partial charge in [0.1, 0.15) is 5.82 Å². The van der Waals surface area contributed by atoms with Crippen molar-refractivity contribution in [2.45, 2.75) is 19.4 Å². The molecule has 2 aromatic carbocycles. The van der Waals surface area contributed by atoms with Crippen LogP contribution in [0.4, 0.5) is 0 Å². The third-order valence-corrected chi connectivity index (χ3v) is 4.53. The number of amides is 1. The summed E-state index contributed by atoms with van der Waals surface area (Å²) in [6.45, 7) is 0.381. The summed E-state index contributed by atoms with van der Waals surface area (Å²) in [7, 11) is 0. The van der Waals surface area contributed by atoms with Crippen molar-refractivity contribution in [2.24, 2.45) is 0 Å². The molecule has 1 N–H and O–H groups in total. The van der Waals surface area contributed by atoms with E-state index >= 15 is 0 Å². The van der Waals surface area contributed by atoms with E-state index in [1.165, 1.54) is 5.56 Å². The van der Waals surface area contributed by atoms with E-state index in [2.05, 4.69) is 32.5 Å². The van der Waals surface area contributed by atoms with Gasteiger partial charge in [0.05, 0.1) is 5.69 Å². The van der Waals surface area contributed by atoms with Gasteiger partial charge in [-0.05, 0) is 35.7 Å². The predicted octanol–water partition coefficient (Wildman–Crippen LogP) is 3.38. The van der Waals surface area contributed by atoms with Crippen molar-refractivity contribution in [3.63, 3.8) is 0 Å². The fourth-order valence-electron chi connectivity index (χ4n) is 3.04. The zero-order valence-corrected chi connectivity index (χ0v) is 15.9. The number of benzene rings is 2. The van der Waals surface area contributed by atoms with E-state index in [0.717, 1.165) is 23.5 Å². The van der Waals surface area contributed by atoms with E-state index in [-0.39, 0.29) is 11.7 Å². The molecule has 2 heterocycles. The van der Waals surface area contributed by atoms with Crippen molar-refractivity contribution in [3.8, 4) is 5.69 Å². The highest BCUT2D eigenvalue weighted by atomic mass is 16.2. The van der Waals surface area contributed by atoms with Crippen molar-refractivity contribution in [2.75, 3.05) is 0 Å². The number of nitrogens with one attached hydrogen (secondary N) is 1. The fourth-order valence-corrected chi connectivity index (χ4v) is 3.04. The first kappa shape index (κ1) is 18.6. The molecule has 1 amide bonds. The zero-order valence-electron chi connectivity index (χ0n) is 15.9. The fraction of sp³-hybridized carbons (Fsp3) is 0.130. The number of rotatable bonds is 7. The highest BCUT2D eigenvalue weighted by Gasteiger charge is 2.17. The van der Waals surface area contributed by atoms with Gasteiger partial charge in [-0.2, -0.15) is 0 Å². The van der Waals surface area contributed by atoms with Gasteiger partial charge in [-0.3, -0.25) is 9.78 Å². The number of aryl methyl sites for hydroxylation is 2. The topological polar surface area (TPSA) is 72.7 Å². The van der Waals surface area contributed by atoms with Gasteiger partial charge in [0.25, 0.3) is 5.91 Å². The lowest BCUT2D eigenvalue weighted by atomic mass is 10.1. The molecule has 6 heteroatoms. The van der Waals surface area contributed by atoms with Crippen LogP contribution in [0, 0.1) is 0 Å². The Morgan fingerprint density at radius 1 is 0.862 bits per heavy atom. The largest absolute Gasteiger partial charge is 0.345 e. The third-order valence-electron chi connectivity index (χ3n) is 4.53. The van der Waals surface area contributed by atoms with Crippen LogP contribution < -0.4 is 5.32 Å². The Bertz CT molecular complexity index is 1060. The number of aromatic nitrogens is 4. The molecule has 0 fully saturated rings. The highest BCUT2D eigenvalue weighted by Crippen LogP contribution is 2.13. The molecule has 29 heavy (non-hydrogen) atoms. The number of hydrogen-bond acceptors (Lipinski definition) is 4. The quantitative estimate of drug-likeness (QED) is 0.531. The molecular formula is C23H21N5O. The van der Waals surface area contributed by atoms with Gasteiger partial charge in [0.15, 0.2) is 0 Å². The highest BCUT2D eigenvalue weighted by molar-refractivity contribution is 5.90. The van der Waals surface area contributed by atoms with Gasteiger partial charge in [-0.25, -0.2) is 9.67 Å². The SMILES string of the molecule is O=C(NCc1cccnc1)c1nc(CCc2ccccc2)n(-c2ccccc2)n1. The summed E-state index contributed by atoms with van der Waals surface area (Å²) in [6, 6.07) is 23.7. The second-order valence-corrected chi connectivity index (χ2v) is 6.63. The summed E-state index contributed by atoms with van der Waals surface area (Å²) in [5, 5.41) is 7.35. The zero-order chi connectivity index (χ0) is 19.9. The van der Waals surface area contributed by atoms with E-state index < -0.39 is 0 Å². The molecule has 4 rings (SSSR count). The van der Waals surface area contributed by atoms with Gasteiger partial charge in [-0.15, -0.1) is 5.10 Å². The van der Waals surface area contributed by atoms with Gasteiger partial charge in [0, 0.05) is 25.4 Å². The Labute approximate surface area is 169 Å². The molecule has 144 valence electrons. The Hall–Kier alpha value is -3.80. The molecule has 0 aliphatic heterocycles. The van der Waals surface area contributed by atoms with E-state index in [4.69, 9.17) is 0 Å². The van der Waals surface area contributed by atoms with Crippen LogP contribution in [-0.4, -0.2) is 25.7 Å². The molecule has 0 atom stereocenters. The second kappa shape index (κ2) is 8.93. The van der Waals surface area contributed by atoms with Crippen LogP contribution >= 0.6 is 0 Å².